The number of thiophene rings is 1. The lowest BCUT2D eigenvalue weighted by molar-refractivity contribution is -0.115. The molecule has 2 N–H and O–H groups in total. The molecule has 0 unspecified atom stereocenters. The summed E-state index contributed by atoms with van der Waals surface area (Å²) >= 11 is 1.03. The van der Waals surface area contributed by atoms with Crippen LogP contribution < -0.4 is 5.32 Å². The van der Waals surface area contributed by atoms with Gasteiger partial charge in [0, 0.05) is 12.4 Å². The average Bonchev–Trinajstić information content (AvgIpc) is 2.78. The minimum absolute atomic E-state index is 0.193. The smallest absolute Gasteiger partial charge is 0.345 e. The molecule has 6 heteroatoms. The van der Waals surface area contributed by atoms with Gasteiger partial charge in [0.25, 0.3) is 0 Å². The van der Waals surface area contributed by atoms with Crippen molar-refractivity contribution in [1.29, 1.82) is 0 Å². The Morgan fingerprint density at radius 1 is 1.33 bits per heavy atom. The Morgan fingerprint density at radius 3 is 2.78 bits per heavy atom. The van der Waals surface area contributed by atoms with E-state index >= 15 is 0 Å². The molecule has 0 aliphatic heterocycles. The van der Waals surface area contributed by atoms with Crippen LogP contribution in [0.25, 0.3) is 0 Å². The molecule has 0 aliphatic carbocycles. The molecule has 2 aromatic rings. The zero-order valence-corrected chi connectivity index (χ0v) is 10.1. The van der Waals surface area contributed by atoms with Crippen LogP contribution in [0.4, 0.5) is 5.00 Å². The second-order valence-electron chi connectivity index (χ2n) is 3.56. The van der Waals surface area contributed by atoms with E-state index in [9.17, 15) is 9.59 Å². The Morgan fingerprint density at radius 2 is 2.17 bits per heavy atom. The average molecular weight is 262 g/mol. The van der Waals surface area contributed by atoms with E-state index in [-0.39, 0.29) is 17.2 Å². The predicted molar refractivity (Wildman–Crippen MR) is 67.8 cm³/mol. The third-order valence-corrected chi connectivity index (χ3v) is 3.16. The first-order valence-corrected chi connectivity index (χ1v) is 5.98. The first-order valence-electron chi connectivity index (χ1n) is 5.17. The molecule has 0 bridgehead atoms. The maximum Gasteiger partial charge on any atom is 0.345 e. The molecule has 0 saturated heterocycles. The lowest BCUT2D eigenvalue weighted by atomic mass is 10.2. The van der Waals surface area contributed by atoms with Crippen molar-refractivity contribution in [2.75, 3.05) is 5.32 Å². The van der Waals surface area contributed by atoms with Crippen molar-refractivity contribution < 1.29 is 14.7 Å². The van der Waals surface area contributed by atoms with Crippen molar-refractivity contribution in [1.82, 2.24) is 4.98 Å². The highest BCUT2D eigenvalue weighted by Gasteiger charge is 2.09. The number of hydrogen-bond acceptors (Lipinski definition) is 4. The number of carboxylic acids is 1. The van der Waals surface area contributed by atoms with Gasteiger partial charge < -0.3 is 10.4 Å². The molecule has 0 aliphatic rings. The van der Waals surface area contributed by atoms with Gasteiger partial charge in [-0.15, -0.1) is 11.3 Å². The number of aromatic carboxylic acids is 1. The normalized spacial score (nSPS) is 10.0. The van der Waals surface area contributed by atoms with Crippen LogP contribution in [0.5, 0.6) is 0 Å². The van der Waals surface area contributed by atoms with Gasteiger partial charge >= 0.3 is 5.97 Å². The topological polar surface area (TPSA) is 79.3 Å². The number of anilines is 1. The lowest BCUT2D eigenvalue weighted by Gasteiger charge is -2.01. The molecule has 5 nitrogen and oxygen atoms in total. The molecule has 0 spiro atoms. The number of nitrogens with one attached hydrogen (secondary N) is 1. The van der Waals surface area contributed by atoms with Gasteiger partial charge in [-0.1, -0.05) is 6.07 Å². The molecule has 0 fully saturated rings. The number of carbonyl (C=O) groups excluding carboxylic acids is 1. The Bertz CT molecular complexity index is 566. The molecule has 2 heterocycles. The number of nitrogens with zero attached hydrogens (tertiary/aromatic N) is 1. The van der Waals surface area contributed by atoms with Crippen molar-refractivity contribution in [2.45, 2.75) is 6.42 Å². The number of hydrogen-bond donors (Lipinski definition) is 2. The standard InChI is InChI=1S/C12H10N2O3S/c15-10(6-8-2-1-5-13-7-8)14-11-4-3-9(18-11)12(16)17/h1-5,7H,6H2,(H,14,15)(H,16,17). The van der Waals surface area contributed by atoms with Gasteiger partial charge in [0.05, 0.1) is 11.4 Å². The number of carbonyl (C=O) groups is 2. The molecule has 92 valence electrons. The summed E-state index contributed by atoms with van der Waals surface area (Å²) in [6.07, 6.45) is 3.48. The summed E-state index contributed by atoms with van der Waals surface area (Å²) < 4.78 is 0. The van der Waals surface area contributed by atoms with E-state index in [0.29, 0.717) is 5.00 Å². The van der Waals surface area contributed by atoms with E-state index in [1.807, 2.05) is 6.07 Å². The molecule has 0 saturated carbocycles. The van der Waals surface area contributed by atoms with Gasteiger partial charge in [-0.25, -0.2) is 4.79 Å². The third-order valence-electron chi connectivity index (χ3n) is 2.17. The Balaban J connectivity index is 1.97. The van der Waals surface area contributed by atoms with E-state index in [1.54, 1.807) is 24.5 Å². The van der Waals surface area contributed by atoms with E-state index in [0.717, 1.165) is 16.9 Å². The first-order chi connectivity index (χ1) is 8.65. The van der Waals surface area contributed by atoms with Crippen LogP contribution in [-0.2, 0) is 11.2 Å². The quantitative estimate of drug-likeness (QED) is 0.883. The fourth-order valence-corrected chi connectivity index (χ4v) is 2.15. The highest BCUT2D eigenvalue weighted by atomic mass is 32.1. The molecular weight excluding hydrogens is 252 g/mol. The van der Waals surface area contributed by atoms with Crippen LogP contribution in [0, 0.1) is 0 Å². The van der Waals surface area contributed by atoms with Gasteiger partial charge in [0.1, 0.15) is 4.88 Å². The largest absolute Gasteiger partial charge is 0.477 e. The van der Waals surface area contributed by atoms with Crippen molar-refractivity contribution in [3.8, 4) is 0 Å². The summed E-state index contributed by atoms with van der Waals surface area (Å²) in [5, 5.41) is 11.9. The summed E-state index contributed by atoms with van der Waals surface area (Å²) in [4.78, 5) is 26.5. The number of pyridine rings is 1. The zero-order chi connectivity index (χ0) is 13.0. The van der Waals surface area contributed by atoms with Crippen molar-refractivity contribution in [3.05, 3.63) is 47.1 Å². The Hall–Kier alpha value is -2.21. The second kappa shape index (κ2) is 5.42. The van der Waals surface area contributed by atoms with Crippen LogP contribution in [0.2, 0.25) is 0 Å². The number of rotatable bonds is 4. The van der Waals surface area contributed by atoms with Gasteiger partial charge in [-0.3, -0.25) is 9.78 Å². The summed E-state index contributed by atoms with van der Waals surface area (Å²) in [5.41, 5.74) is 0.810. The number of amides is 1. The highest BCUT2D eigenvalue weighted by Crippen LogP contribution is 2.21. The van der Waals surface area contributed by atoms with Crippen LogP contribution in [0.3, 0.4) is 0 Å². The van der Waals surface area contributed by atoms with Crippen molar-refractivity contribution in [3.63, 3.8) is 0 Å². The third kappa shape index (κ3) is 3.14. The fraction of sp³-hybridized carbons (Fsp3) is 0.0833. The van der Waals surface area contributed by atoms with Crippen LogP contribution in [0.1, 0.15) is 15.2 Å². The summed E-state index contributed by atoms with van der Waals surface area (Å²) in [6.45, 7) is 0. The molecular formula is C12H10N2O3S. The lowest BCUT2D eigenvalue weighted by Crippen LogP contribution is -2.13. The Labute approximate surface area is 107 Å². The minimum Gasteiger partial charge on any atom is -0.477 e. The SMILES string of the molecule is O=C(Cc1cccnc1)Nc1ccc(C(=O)O)s1. The van der Waals surface area contributed by atoms with E-state index in [4.69, 9.17) is 5.11 Å². The van der Waals surface area contributed by atoms with Gasteiger partial charge in [0.2, 0.25) is 5.91 Å². The highest BCUT2D eigenvalue weighted by molar-refractivity contribution is 7.18. The molecule has 0 aromatic carbocycles. The molecule has 2 aromatic heterocycles. The zero-order valence-electron chi connectivity index (χ0n) is 9.29. The van der Waals surface area contributed by atoms with Crippen molar-refractivity contribution >= 4 is 28.2 Å². The van der Waals surface area contributed by atoms with Gasteiger partial charge in [0.15, 0.2) is 0 Å². The predicted octanol–water partition coefficient (Wildman–Crippen LogP) is 2.02. The first kappa shape index (κ1) is 12.3. The van der Waals surface area contributed by atoms with E-state index in [2.05, 4.69) is 10.3 Å². The van der Waals surface area contributed by atoms with E-state index in [1.165, 1.54) is 6.07 Å². The Kier molecular flexibility index (Phi) is 3.69. The molecule has 2 rings (SSSR count). The molecule has 1 amide bonds. The van der Waals surface area contributed by atoms with Crippen molar-refractivity contribution in [2.24, 2.45) is 0 Å². The molecule has 18 heavy (non-hydrogen) atoms. The minimum atomic E-state index is -0.993. The molecule has 0 atom stereocenters. The summed E-state index contributed by atoms with van der Waals surface area (Å²) in [5.74, 6) is -1.19. The van der Waals surface area contributed by atoms with Crippen LogP contribution in [-0.4, -0.2) is 22.0 Å². The van der Waals surface area contributed by atoms with Gasteiger partial charge in [-0.2, -0.15) is 0 Å². The monoisotopic (exact) mass is 262 g/mol. The number of carboxylic acid groups (broad SMARTS) is 1. The maximum absolute atomic E-state index is 11.7. The fourth-order valence-electron chi connectivity index (χ4n) is 1.39. The van der Waals surface area contributed by atoms with Crippen LogP contribution in [0.15, 0.2) is 36.7 Å². The van der Waals surface area contributed by atoms with E-state index < -0.39 is 5.97 Å². The summed E-state index contributed by atoms with van der Waals surface area (Å²) in [7, 11) is 0. The summed E-state index contributed by atoms with van der Waals surface area (Å²) in [6, 6.07) is 6.61. The van der Waals surface area contributed by atoms with Crippen LogP contribution >= 0.6 is 11.3 Å². The van der Waals surface area contributed by atoms with Gasteiger partial charge in [-0.05, 0) is 23.8 Å². The molecule has 0 radical (unpaired) electrons. The second-order valence-corrected chi connectivity index (χ2v) is 4.64. The number of aromatic nitrogens is 1. The maximum atomic E-state index is 11.7.